The van der Waals surface area contributed by atoms with Crippen LogP contribution in [0.15, 0.2) is 12.7 Å². The number of hydrogen-bond acceptors (Lipinski definition) is 3. The predicted octanol–water partition coefficient (Wildman–Crippen LogP) is 3.73. The van der Waals surface area contributed by atoms with Gasteiger partial charge in [-0.3, -0.25) is 0 Å². The van der Waals surface area contributed by atoms with E-state index < -0.39 is 5.97 Å². The first-order valence-corrected chi connectivity index (χ1v) is 5.84. The summed E-state index contributed by atoms with van der Waals surface area (Å²) in [4.78, 5) is 11.7. The third-order valence-corrected chi connectivity index (χ3v) is 2.76. The van der Waals surface area contributed by atoms with Gasteiger partial charge in [0.2, 0.25) is 0 Å². The molecule has 1 aromatic heterocycles. The fourth-order valence-electron chi connectivity index (χ4n) is 1.18. The van der Waals surface area contributed by atoms with Gasteiger partial charge in [-0.15, -0.1) is 11.3 Å². The first-order valence-electron chi connectivity index (χ1n) is 5.02. The molecule has 0 bridgehead atoms. The van der Waals surface area contributed by atoms with Crippen molar-refractivity contribution in [2.45, 2.75) is 20.8 Å². The zero-order chi connectivity index (χ0) is 12.7. The summed E-state index contributed by atoms with van der Waals surface area (Å²) >= 11 is 1.24. The topological polar surface area (TPSA) is 63.3 Å². The lowest BCUT2D eigenvalue weighted by Gasteiger charge is -1.95. The second kappa shape index (κ2) is 6.85. The number of hydrogen-bond donors (Lipinski definition) is 2. The molecule has 4 heteroatoms. The minimum atomic E-state index is -1.00. The van der Waals surface area contributed by atoms with Gasteiger partial charge < -0.3 is 10.8 Å². The van der Waals surface area contributed by atoms with Gasteiger partial charge in [-0.2, -0.15) is 0 Å². The first-order chi connectivity index (χ1) is 7.61. The van der Waals surface area contributed by atoms with Crippen LogP contribution in [-0.2, 0) is 0 Å². The van der Waals surface area contributed by atoms with Gasteiger partial charge in [0.25, 0.3) is 0 Å². The molecule has 0 saturated heterocycles. The molecular weight excluding hydrogens is 222 g/mol. The summed E-state index contributed by atoms with van der Waals surface area (Å²) in [5.41, 5.74) is 6.41. The Kier molecular flexibility index (Phi) is 6.18. The SMILES string of the molecule is C=Cc1sc(N)c(C(=O)O)c1/C=C\C.CC. The average Bonchev–Trinajstić information content (AvgIpc) is 2.58. The third kappa shape index (κ3) is 2.97. The van der Waals surface area contributed by atoms with E-state index in [0.29, 0.717) is 10.6 Å². The number of thiophene rings is 1. The molecule has 0 amide bonds. The zero-order valence-electron chi connectivity index (χ0n) is 9.78. The standard InChI is InChI=1S/C10H11NO2S.C2H6/c1-3-5-6-7(4-2)14-9(11)8(6)10(12)13;1-2/h3-5H,2,11H2,1H3,(H,12,13);1-2H3/b5-3-;. The summed E-state index contributed by atoms with van der Waals surface area (Å²) in [7, 11) is 0. The van der Waals surface area contributed by atoms with Crippen LogP contribution in [0.25, 0.3) is 12.2 Å². The lowest BCUT2D eigenvalue weighted by molar-refractivity contribution is 0.0698. The molecule has 0 saturated carbocycles. The van der Waals surface area contributed by atoms with Crippen molar-refractivity contribution >= 4 is 34.5 Å². The lowest BCUT2D eigenvalue weighted by Crippen LogP contribution is -2.00. The van der Waals surface area contributed by atoms with Crippen molar-refractivity contribution < 1.29 is 9.90 Å². The summed E-state index contributed by atoms with van der Waals surface area (Å²) in [6, 6.07) is 0. The summed E-state index contributed by atoms with van der Waals surface area (Å²) in [6.07, 6.45) is 5.12. The lowest BCUT2D eigenvalue weighted by atomic mass is 10.1. The van der Waals surface area contributed by atoms with Gasteiger partial charge in [0.1, 0.15) is 10.6 Å². The molecular formula is C12H17NO2S. The summed E-state index contributed by atoms with van der Waals surface area (Å²) in [5, 5.41) is 9.26. The van der Waals surface area contributed by atoms with Crippen LogP contribution in [0, 0.1) is 0 Å². The fraction of sp³-hybridized carbons (Fsp3) is 0.250. The highest BCUT2D eigenvalue weighted by molar-refractivity contribution is 7.17. The highest BCUT2D eigenvalue weighted by atomic mass is 32.1. The molecule has 1 aromatic rings. The Labute approximate surface area is 99.9 Å². The molecule has 0 aliphatic heterocycles. The maximum atomic E-state index is 10.9. The Bertz CT molecular complexity index is 405. The minimum absolute atomic E-state index is 0.169. The maximum absolute atomic E-state index is 10.9. The van der Waals surface area contributed by atoms with Crippen molar-refractivity contribution in [3.8, 4) is 0 Å². The molecule has 0 unspecified atom stereocenters. The highest BCUT2D eigenvalue weighted by Crippen LogP contribution is 2.32. The number of carbonyl (C=O) groups is 1. The molecule has 0 aliphatic carbocycles. The Morgan fingerprint density at radius 1 is 1.50 bits per heavy atom. The highest BCUT2D eigenvalue weighted by Gasteiger charge is 2.18. The van der Waals surface area contributed by atoms with Gasteiger partial charge in [-0.05, 0) is 6.92 Å². The predicted molar refractivity (Wildman–Crippen MR) is 71.8 cm³/mol. The largest absolute Gasteiger partial charge is 0.478 e. The van der Waals surface area contributed by atoms with Gasteiger partial charge in [0, 0.05) is 10.4 Å². The quantitative estimate of drug-likeness (QED) is 0.844. The van der Waals surface area contributed by atoms with E-state index in [-0.39, 0.29) is 5.56 Å². The molecule has 0 fully saturated rings. The van der Waals surface area contributed by atoms with E-state index in [4.69, 9.17) is 10.8 Å². The van der Waals surface area contributed by atoms with E-state index in [1.165, 1.54) is 11.3 Å². The van der Waals surface area contributed by atoms with E-state index >= 15 is 0 Å². The molecule has 0 atom stereocenters. The van der Waals surface area contributed by atoms with Crippen molar-refractivity contribution in [1.29, 1.82) is 0 Å². The number of carboxylic acids is 1. The van der Waals surface area contributed by atoms with Crippen LogP contribution in [-0.4, -0.2) is 11.1 Å². The molecule has 16 heavy (non-hydrogen) atoms. The monoisotopic (exact) mass is 239 g/mol. The smallest absolute Gasteiger partial charge is 0.339 e. The molecule has 3 N–H and O–H groups in total. The van der Waals surface area contributed by atoms with Crippen molar-refractivity contribution in [3.05, 3.63) is 28.7 Å². The van der Waals surface area contributed by atoms with Gasteiger partial charge in [-0.1, -0.05) is 38.7 Å². The van der Waals surface area contributed by atoms with E-state index in [1.807, 2.05) is 20.8 Å². The molecule has 1 rings (SSSR count). The number of nitrogen functional groups attached to an aromatic ring is 1. The molecule has 0 aromatic carbocycles. The number of nitrogens with two attached hydrogens (primary N) is 1. The molecule has 88 valence electrons. The van der Waals surface area contributed by atoms with Gasteiger partial charge in [0.15, 0.2) is 0 Å². The minimum Gasteiger partial charge on any atom is -0.478 e. The second-order valence-corrected chi connectivity index (χ2v) is 3.71. The molecule has 1 heterocycles. The number of anilines is 1. The van der Waals surface area contributed by atoms with Crippen LogP contribution in [0.1, 0.15) is 41.6 Å². The Hall–Kier alpha value is -1.55. The third-order valence-electron chi connectivity index (χ3n) is 1.73. The Balaban J connectivity index is 0.00000106. The normalized spacial score (nSPS) is 9.69. The molecule has 0 spiro atoms. The van der Waals surface area contributed by atoms with Crippen LogP contribution >= 0.6 is 11.3 Å². The number of aromatic carboxylic acids is 1. The zero-order valence-corrected chi connectivity index (χ0v) is 10.6. The van der Waals surface area contributed by atoms with Crippen molar-refractivity contribution in [3.63, 3.8) is 0 Å². The van der Waals surface area contributed by atoms with E-state index in [0.717, 1.165) is 4.88 Å². The van der Waals surface area contributed by atoms with E-state index in [1.54, 1.807) is 18.2 Å². The van der Waals surface area contributed by atoms with Crippen LogP contribution in [0.4, 0.5) is 5.00 Å². The van der Waals surface area contributed by atoms with Crippen LogP contribution in [0.5, 0.6) is 0 Å². The van der Waals surface area contributed by atoms with Crippen molar-refractivity contribution in [1.82, 2.24) is 0 Å². The second-order valence-electron chi connectivity index (χ2n) is 2.63. The van der Waals surface area contributed by atoms with Crippen LogP contribution in [0.3, 0.4) is 0 Å². The summed E-state index contributed by atoms with van der Waals surface area (Å²) in [6.45, 7) is 9.44. The summed E-state index contributed by atoms with van der Waals surface area (Å²) < 4.78 is 0. The van der Waals surface area contributed by atoms with Gasteiger partial charge >= 0.3 is 5.97 Å². The summed E-state index contributed by atoms with van der Waals surface area (Å²) in [5.74, 6) is -1.00. The maximum Gasteiger partial charge on any atom is 0.339 e. The van der Waals surface area contributed by atoms with Crippen LogP contribution in [0.2, 0.25) is 0 Å². The van der Waals surface area contributed by atoms with Crippen molar-refractivity contribution in [2.24, 2.45) is 0 Å². The van der Waals surface area contributed by atoms with E-state index in [2.05, 4.69) is 6.58 Å². The van der Waals surface area contributed by atoms with Crippen LogP contribution < -0.4 is 5.73 Å². The first kappa shape index (κ1) is 14.5. The average molecular weight is 239 g/mol. The number of carboxylic acid groups (broad SMARTS) is 1. The molecule has 0 radical (unpaired) electrons. The molecule has 0 aliphatic rings. The number of allylic oxidation sites excluding steroid dienone is 1. The van der Waals surface area contributed by atoms with Gasteiger partial charge in [0.05, 0.1) is 0 Å². The molecule has 3 nitrogen and oxygen atoms in total. The number of rotatable bonds is 3. The Morgan fingerprint density at radius 2 is 2.06 bits per heavy atom. The fourth-order valence-corrected chi connectivity index (χ4v) is 2.08. The van der Waals surface area contributed by atoms with Crippen molar-refractivity contribution in [2.75, 3.05) is 5.73 Å². The van der Waals surface area contributed by atoms with Gasteiger partial charge in [-0.25, -0.2) is 4.79 Å². The van der Waals surface area contributed by atoms with E-state index in [9.17, 15) is 4.79 Å². The Morgan fingerprint density at radius 3 is 2.44 bits per heavy atom.